The molecular formula is C8H8ClF3N2. The maximum atomic E-state index is 11.8. The Morgan fingerprint density at radius 3 is 2.21 bits per heavy atom. The summed E-state index contributed by atoms with van der Waals surface area (Å²) in [5.41, 5.74) is 0.697. The van der Waals surface area contributed by atoms with Gasteiger partial charge in [-0.1, -0.05) is 0 Å². The minimum Gasteiger partial charge on any atom is -0.241 e. The summed E-state index contributed by atoms with van der Waals surface area (Å²) in [6, 6.07) is 0. The van der Waals surface area contributed by atoms with Gasteiger partial charge in [0.15, 0.2) is 0 Å². The number of hydrogen-bond acceptors (Lipinski definition) is 2. The van der Waals surface area contributed by atoms with E-state index in [-0.39, 0.29) is 18.1 Å². The van der Waals surface area contributed by atoms with Crippen LogP contribution in [-0.4, -0.2) is 16.1 Å². The van der Waals surface area contributed by atoms with Gasteiger partial charge in [-0.3, -0.25) is 0 Å². The van der Waals surface area contributed by atoms with Crippen molar-refractivity contribution in [2.24, 2.45) is 0 Å². The molecule has 0 spiro atoms. The van der Waals surface area contributed by atoms with Crippen LogP contribution < -0.4 is 0 Å². The first-order valence-corrected chi connectivity index (χ1v) is 4.47. The van der Waals surface area contributed by atoms with Gasteiger partial charge in [-0.25, -0.2) is 9.97 Å². The van der Waals surface area contributed by atoms with Crippen molar-refractivity contribution in [2.75, 3.05) is 0 Å². The second-order valence-electron chi connectivity index (χ2n) is 2.76. The van der Waals surface area contributed by atoms with E-state index in [4.69, 9.17) is 11.6 Å². The van der Waals surface area contributed by atoms with E-state index < -0.39 is 12.6 Å². The lowest BCUT2D eigenvalue weighted by Crippen LogP contribution is -2.10. The van der Waals surface area contributed by atoms with E-state index in [0.717, 1.165) is 0 Å². The predicted molar refractivity (Wildman–Crippen MR) is 46.0 cm³/mol. The van der Waals surface area contributed by atoms with Gasteiger partial charge < -0.3 is 0 Å². The molecule has 0 bridgehead atoms. The molecule has 0 unspecified atom stereocenters. The zero-order valence-corrected chi connectivity index (χ0v) is 7.94. The van der Waals surface area contributed by atoms with Gasteiger partial charge in [-0.05, 0) is 0 Å². The molecule has 0 aromatic carbocycles. The van der Waals surface area contributed by atoms with Crippen LogP contribution in [0.2, 0.25) is 0 Å². The van der Waals surface area contributed by atoms with E-state index in [0.29, 0.717) is 5.56 Å². The Morgan fingerprint density at radius 2 is 1.79 bits per heavy atom. The fraction of sp³-hybridized carbons (Fsp3) is 0.500. The molecule has 0 aliphatic rings. The fourth-order valence-corrected chi connectivity index (χ4v) is 0.971. The second kappa shape index (κ2) is 4.59. The highest BCUT2D eigenvalue weighted by Crippen LogP contribution is 2.20. The van der Waals surface area contributed by atoms with E-state index in [1.165, 1.54) is 12.4 Å². The Hall–Kier alpha value is -0.840. The number of nitrogens with zero attached hydrogens (tertiary/aromatic N) is 2. The van der Waals surface area contributed by atoms with Crippen molar-refractivity contribution in [2.45, 2.75) is 24.9 Å². The van der Waals surface area contributed by atoms with Crippen LogP contribution in [0.4, 0.5) is 13.2 Å². The number of aromatic nitrogens is 2. The topological polar surface area (TPSA) is 25.8 Å². The van der Waals surface area contributed by atoms with Crippen LogP contribution in [0.5, 0.6) is 0 Å². The quantitative estimate of drug-likeness (QED) is 0.738. The molecule has 1 heterocycles. The highest BCUT2D eigenvalue weighted by Gasteiger charge is 2.26. The number of hydrogen-bond donors (Lipinski definition) is 0. The van der Waals surface area contributed by atoms with Crippen molar-refractivity contribution >= 4 is 11.6 Å². The fourth-order valence-electron chi connectivity index (χ4n) is 0.833. The molecule has 2 nitrogen and oxygen atoms in total. The zero-order chi connectivity index (χ0) is 10.6. The first-order chi connectivity index (χ1) is 6.51. The molecular weight excluding hydrogens is 217 g/mol. The Balaban J connectivity index is 2.52. The van der Waals surface area contributed by atoms with Crippen LogP contribution in [-0.2, 0) is 12.3 Å². The average Bonchev–Trinajstić information content (AvgIpc) is 2.14. The standard InChI is InChI=1S/C8H8ClF3N2/c9-3-6-4-13-7(14-5-6)1-2-8(10,11)12/h4-5H,1-3H2. The maximum absolute atomic E-state index is 11.8. The Labute approximate surface area is 84.1 Å². The summed E-state index contributed by atoms with van der Waals surface area (Å²) < 4.78 is 35.4. The smallest absolute Gasteiger partial charge is 0.241 e. The molecule has 6 heteroatoms. The van der Waals surface area contributed by atoms with Gasteiger partial charge in [0.2, 0.25) is 0 Å². The molecule has 1 rings (SSSR count). The largest absolute Gasteiger partial charge is 0.389 e. The molecule has 0 saturated carbocycles. The van der Waals surface area contributed by atoms with Crippen molar-refractivity contribution in [3.05, 3.63) is 23.8 Å². The zero-order valence-electron chi connectivity index (χ0n) is 7.18. The van der Waals surface area contributed by atoms with Gasteiger partial charge in [-0.15, -0.1) is 11.6 Å². The Kier molecular flexibility index (Phi) is 3.69. The molecule has 1 aromatic rings. The highest BCUT2D eigenvalue weighted by atomic mass is 35.5. The summed E-state index contributed by atoms with van der Waals surface area (Å²) in [5, 5.41) is 0. The minimum absolute atomic E-state index is 0.188. The van der Waals surface area contributed by atoms with Crippen molar-refractivity contribution in [1.29, 1.82) is 0 Å². The molecule has 1 aromatic heterocycles. The second-order valence-corrected chi connectivity index (χ2v) is 3.02. The maximum Gasteiger partial charge on any atom is 0.389 e. The van der Waals surface area contributed by atoms with Gasteiger partial charge in [0.25, 0.3) is 0 Å². The monoisotopic (exact) mass is 224 g/mol. The van der Waals surface area contributed by atoms with Crippen molar-refractivity contribution < 1.29 is 13.2 Å². The van der Waals surface area contributed by atoms with Crippen LogP contribution >= 0.6 is 11.6 Å². The first kappa shape index (κ1) is 11.2. The van der Waals surface area contributed by atoms with E-state index >= 15 is 0 Å². The summed E-state index contributed by atoms with van der Waals surface area (Å²) in [6.45, 7) is 0. The van der Waals surface area contributed by atoms with Crippen LogP contribution in [0.3, 0.4) is 0 Å². The SMILES string of the molecule is FC(F)(F)CCc1ncc(CCl)cn1. The minimum atomic E-state index is -4.16. The van der Waals surface area contributed by atoms with Crippen LogP contribution in [0.25, 0.3) is 0 Å². The van der Waals surface area contributed by atoms with Gasteiger partial charge in [0, 0.05) is 24.4 Å². The summed E-state index contributed by atoms with van der Waals surface area (Å²) >= 11 is 5.47. The molecule has 0 atom stereocenters. The lowest BCUT2D eigenvalue weighted by atomic mass is 10.3. The highest BCUT2D eigenvalue weighted by molar-refractivity contribution is 6.17. The van der Waals surface area contributed by atoms with Crippen molar-refractivity contribution in [3.63, 3.8) is 0 Å². The van der Waals surface area contributed by atoms with Gasteiger partial charge in [0.1, 0.15) is 5.82 Å². The number of aryl methyl sites for hydroxylation is 1. The third-order valence-electron chi connectivity index (χ3n) is 1.55. The molecule has 0 fully saturated rings. The van der Waals surface area contributed by atoms with Crippen LogP contribution in [0.15, 0.2) is 12.4 Å². The van der Waals surface area contributed by atoms with Gasteiger partial charge in [-0.2, -0.15) is 13.2 Å². The summed E-state index contributed by atoms with van der Waals surface area (Å²) in [6.07, 6.45) is -2.37. The van der Waals surface area contributed by atoms with E-state index in [1.807, 2.05) is 0 Å². The summed E-state index contributed by atoms with van der Waals surface area (Å²) in [7, 11) is 0. The lowest BCUT2D eigenvalue weighted by molar-refractivity contribution is -0.134. The third kappa shape index (κ3) is 3.91. The van der Waals surface area contributed by atoms with Gasteiger partial charge in [0.05, 0.1) is 12.3 Å². The first-order valence-electron chi connectivity index (χ1n) is 3.94. The van der Waals surface area contributed by atoms with E-state index in [9.17, 15) is 13.2 Å². The number of halogens is 4. The molecule has 14 heavy (non-hydrogen) atoms. The molecule has 0 N–H and O–H groups in total. The normalized spacial score (nSPS) is 11.7. The van der Waals surface area contributed by atoms with Gasteiger partial charge >= 0.3 is 6.18 Å². The van der Waals surface area contributed by atoms with Crippen molar-refractivity contribution in [3.8, 4) is 0 Å². The average molecular weight is 225 g/mol. The predicted octanol–water partition coefficient (Wildman–Crippen LogP) is 2.71. The van der Waals surface area contributed by atoms with E-state index in [1.54, 1.807) is 0 Å². The summed E-state index contributed by atoms with van der Waals surface area (Å²) in [4.78, 5) is 7.51. The number of rotatable bonds is 3. The Bertz CT molecular complexity index is 284. The molecule has 0 radical (unpaired) electrons. The van der Waals surface area contributed by atoms with Crippen LogP contribution in [0, 0.1) is 0 Å². The molecule has 0 aliphatic carbocycles. The number of alkyl halides is 4. The van der Waals surface area contributed by atoms with Crippen molar-refractivity contribution in [1.82, 2.24) is 9.97 Å². The lowest BCUT2D eigenvalue weighted by Gasteiger charge is -2.04. The molecule has 78 valence electrons. The van der Waals surface area contributed by atoms with Crippen LogP contribution in [0.1, 0.15) is 17.8 Å². The Morgan fingerprint density at radius 1 is 1.21 bits per heavy atom. The molecule has 0 saturated heterocycles. The summed E-state index contributed by atoms with van der Waals surface area (Å²) in [5.74, 6) is 0.454. The molecule has 0 amide bonds. The molecule has 0 aliphatic heterocycles. The third-order valence-corrected chi connectivity index (χ3v) is 1.85. The van der Waals surface area contributed by atoms with E-state index in [2.05, 4.69) is 9.97 Å².